The predicted molar refractivity (Wildman–Crippen MR) is 141 cm³/mol. The fraction of sp³-hybridized carbons (Fsp3) is 0.414. The van der Waals surface area contributed by atoms with Gasteiger partial charge in [-0.15, -0.1) is 0 Å². The number of rotatable bonds is 11. The number of aliphatic hydroxyl groups is 2. The van der Waals surface area contributed by atoms with Gasteiger partial charge in [0.1, 0.15) is 5.76 Å². The van der Waals surface area contributed by atoms with Gasteiger partial charge in [-0.2, -0.15) is 0 Å². The number of nitrogens with one attached hydrogen (secondary N) is 1. The Morgan fingerprint density at radius 2 is 1.74 bits per heavy atom. The number of benzene rings is 2. The van der Waals surface area contributed by atoms with Crippen LogP contribution in [0, 0.1) is 5.92 Å². The molecular formula is C29H35N3O6. The number of amides is 2. The third kappa shape index (κ3) is 6.59. The third-order valence-electron chi connectivity index (χ3n) is 7.22. The second kappa shape index (κ2) is 12.7. The average Bonchev–Trinajstić information content (AvgIpc) is 3.43. The number of aliphatic hydroxyl groups excluding tert-OH is 1. The van der Waals surface area contributed by atoms with Gasteiger partial charge >= 0.3 is 6.09 Å². The number of carboxylic acid groups (broad SMARTS) is 1. The molecule has 2 amide bonds. The maximum absolute atomic E-state index is 12.3. The second-order valence-electron chi connectivity index (χ2n) is 9.77. The lowest BCUT2D eigenvalue weighted by Gasteiger charge is -2.36. The highest BCUT2D eigenvalue weighted by molar-refractivity contribution is 5.91. The fourth-order valence-corrected chi connectivity index (χ4v) is 5.05. The summed E-state index contributed by atoms with van der Waals surface area (Å²) in [5, 5.41) is 33.4. The summed E-state index contributed by atoms with van der Waals surface area (Å²) in [5.74, 6) is 0.387. The van der Waals surface area contributed by atoms with Crippen molar-refractivity contribution in [2.24, 2.45) is 5.92 Å². The standard InChI is InChI=1S/C29H35N3O6/c33-20-21-11-13-24(14-12-21)31-26(34)16-18-32(28(35)36)17-15-25-19-30-27(38-25)29(37,22-7-3-1-4-8-22)23-9-5-2-6-10-23/h1,3-4,7-8,11-14,19,23,33,37H,2,5-6,9-10,15-18,20H2,(H,31,34)(H,35,36). The highest BCUT2D eigenvalue weighted by Gasteiger charge is 2.44. The zero-order valence-corrected chi connectivity index (χ0v) is 21.4. The van der Waals surface area contributed by atoms with Crippen molar-refractivity contribution in [1.82, 2.24) is 9.88 Å². The van der Waals surface area contributed by atoms with Crippen molar-refractivity contribution in [3.05, 3.63) is 83.6 Å². The van der Waals surface area contributed by atoms with Crippen molar-refractivity contribution in [2.45, 2.75) is 57.2 Å². The molecule has 0 radical (unpaired) electrons. The molecule has 0 saturated heterocycles. The molecule has 1 aliphatic rings. The summed E-state index contributed by atoms with van der Waals surface area (Å²) in [6, 6.07) is 16.2. The Labute approximate surface area is 222 Å². The Kier molecular flexibility index (Phi) is 9.15. The fourth-order valence-electron chi connectivity index (χ4n) is 5.05. The van der Waals surface area contributed by atoms with Crippen LogP contribution < -0.4 is 5.32 Å². The molecule has 0 aliphatic heterocycles. The summed E-state index contributed by atoms with van der Waals surface area (Å²) in [5.41, 5.74) is 0.702. The van der Waals surface area contributed by atoms with E-state index < -0.39 is 11.7 Å². The van der Waals surface area contributed by atoms with Crippen molar-refractivity contribution in [3.8, 4) is 0 Å². The van der Waals surface area contributed by atoms with Crippen LogP contribution >= 0.6 is 0 Å². The van der Waals surface area contributed by atoms with E-state index in [0.29, 0.717) is 11.4 Å². The van der Waals surface area contributed by atoms with E-state index in [4.69, 9.17) is 9.52 Å². The maximum atomic E-state index is 12.3. The first-order valence-electron chi connectivity index (χ1n) is 13.1. The highest BCUT2D eigenvalue weighted by atomic mass is 16.4. The first-order chi connectivity index (χ1) is 18.4. The molecule has 1 aromatic heterocycles. The summed E-state index contributed by atoms with van der Waals surface area (Å²) < 4.78 is 6.03. The number of carbonyl (C=O) groups is 2. The number of aromatic nitrogens is 1. The summed E-state index contributed by atoms with van der Waals surface area (Å²) >= 11 is 0. The Morgan fingerprint density at radius 3 is 2.39 bits per heavy atom. The minimum atomic E-state index is -1.35. The summed E-state index contributed by atoms with van der Waals surface area (Å²) in [6.07, 6.45) is 5.67. The minimum absolute atomic E-state index is 0.00879. The van der Waals surface area contributed by atoms with E-state index in [0.717, 1.165) is 43.2 Å². The Bertz CT molecular complexity index is 1190. The van der Waals surface area contributed by atoms with Gasteiger partial charge in [-0.3, -0.25) is 4.79 Å². The zero-order valence-electron chi connectivity index (χ0n) is 21.4. The molecule has 1 unspecified atom stereocenters. The predicted octanol–water partition coefficient (Wildman–Crippen LogP) is 4.53. The van der Waals surface area contributed by atoms with Gasteiger partial charge in [-0.1, -0.05) is 61.7 Å². The van der Waals surface area contributed by atoms with E-state index in [1.807, 2.05) is 30.3 Å². The van der Waals surface area contributed by atoms with Crippen LogP contribution in [0.25, 0.3) is 0 Å². The molecule has 1 aliphatic carbocycles. The Balaban J connectivity index is 1.38. The second-order valence-corrected chi connectivity index (χ2v) is 9.77. The number of anilines is 1. The van der Waals surface area contributed by atoms with Gasteiger partial charge in [0.2, 0.25) is 11.8 Å². The molecule has 3 aromatic rings. The molecule has 1 atom stereocenters. The van der Waals surface area contributed by atoms with Crippen LogP contribution in [0.4, 0.5) is 10.5 Å². The summed E-state index contributed by atoms with van der Waals surface area (Å²) in [4.78, 5) is 29.7. The third-order valence-corrected chi connectivity index (χ3v) is 7.22. The van der Waals surface area contributed by atoms with Crippen molar-refractivity contribution in [2.75, 3.05) is 18.4 Å². The molecule has 1 saturated carbocycles. The van der Waals surface area contributed by atoms with Crippen molar-refractivity contribution in [1.29, 1.82) is 0 Å². The number of oxazole rings is 1. The lowest BCUT2D eigenvalue weighted by Crippen LogP contribution is -2.38. The van der Waals surface area contributed by atoms with Crippen LogP contribution in [0.2, 0.25) is 0 Å². The van der Waals surface area contributed by atoms with Crippen molar-refractivity contribution < 1.29 is 29.3 Å². The van der Waals surface area contributed by atoms with Crippen LogP contribution in [0.1, 0.15) is 61.3 Å². The summed E-state index contributed by atoms with van der Waals surface area (Å²) in [7, 11) is 0. The van der Waals surface area contributed by atoms with E-state index in [1.165, 1.54) is 4.90 Å². The molecule has 1 fully saturated rings. The maximum Gasteiger partial charge on any atom is 0.407 e. The van der Waals surface area contributed by atoms with Crippen LogP contribution in [0.3, 0.4) is 0 Å². The molecule has 202 valence electrons. The number of hydrogen-bond acceptors (Lipinski definition) is 6. The van der Waals surface area contributed by atoms with E-state index in [-0.39, 0.29) is 50.3 Å². The lowest BCUT2D eigenvalue weighted by atomic mass is 9.73. The van der Waals surface area contributed by atoms with Gasteiger partial charge in [-0.05, 0) is 36.1 Å². The van der Waals surface area contributed by atoms with Gasteiger partial charge in [0.05, 0.1) is 12.8 Å². The van der Waals surface area contributed by atoms with E-state index >= 15 is 0 Å². The molecule has 4 rings (SSSR count). The van der Waals surface area contributed by atoms with Gasteiger partial charge in [0.15, 0.2) is 5.60 Å². The molecule has 2 aromatic carbocycles. The highest BCUT2D eigenvalue weighted by Crippen LogP contribution is 2.43. The van der Waals surface area contributed by atoms with Crippen LogP contribution in [-0.2, 0) is 23.4 Å². The molecule has 38 heavy (non-hydrogen) atoms. The molecule has 0 bridgehead atoms. The topological polar surface area (TPSA) is 136 Å². The normalized spacial score (nSPS) is 15.5. The van der Waals surface area contributed by atoms with Crippen LogP contribution in [-0.4, -0.2) is 50.3 Å². The molecule has 9 nitrogen and oxygen atoms in total. The Morgan fingerprint density at radius 1 is 1.03 bits per heavy atom. The van der Waals surface area contributed by atoms with Gasteiger partial charge in [-0.25, -0.2) is 9.78 Å². The molecule has 0 spiro atoms. The Hall–Kier alpha value is -3.69. The van der Waals surface area contributed by atoms with E-state index in [1.54, 1.807) is 30.5 Å². The van der Waals surface area contributed by atoms with E-state index in [9.17, 15) is 19.8 Å². The minimum Gasteiger partial charge on any atom is -0.465 e. The van der Waals surface area contributed by atoms with Crippen molar-refractivity contribution in [3.63, 3.8) is 0 Å². The molecule has 9 heteroatoms. The lowest BCUT2D eigenvalue weighted by molar-refractivity contribution is -0.116. The quantitative estimate of drug-likeness (QED) is 0.291. The van der Waals surface area contributed by atoms with Gasteiger partial charge < -0.3 is 30.0 Å². The number of hydrogen-bond donors (Lipinski definition) is 4. The number of carbonyl (C=O) groups excluding carboxylic acids is 1. The smallest absolute Gasteiger partial charge is 0.407 e. The largest absolute Gasteiger partial charge is 0.465 e. The SMILES string of the molecule is O=C(CCN(CCc1cnc(C(O)(c2ccccc2)C2CCCCC2)o1)C(=O)O)Nc1ccc(CO)cc1. The monoisotopic (exact) mass is 521 g/mol. The molecule has 1 heterocycles. The first-order valence-corrected chi connectivity index (χ1v) is 13.1. The summed E-state index contributed by atoms with van der Waals surface area (Å²) in [6.45, 7) is 0.0587. The zero-order chi connectivity index (χ0) is 27.0. The molecular weight excluding hydrogens is 486 g/mol. The van der Waals surface area contributed by atoms with Gasteiger partial charge in [0.25, 0.3) is 0 Å². The van der Waals surface area contributed by atoms with E-state index in [2.05, 4.69) is 10.3 Å². The van der Waals surface area contributed by atoms with Gasteiger partial charge in [0, 0.05) is 37.5 Å². The first kappa shape index (κ1) is 27.3. The number of nitrogens with zero attached hydrogens (tertiary/aromatic N) is 2. The molecule has 4 N–H and O–H groups in total. The van der Waals surface area contributed by atoms with Crippen LogP contribution in [0.5, 0.6) is 0 Å². The van der Waals surface area contributed by atoms with Crippen LogP contribution in [0.15, 0.2) is 65.2 Å². The average molecular weight is 522 g/mol. The van der Waals surface area contributed by atoms with Crippen molar-refractivity contribution >= 4 is 17.7 Å².